The van der Waals surface area contributed by atoms with Crippen LogP contribution in [-0.2, 0) is 4.79 Å². The Labute approximate surface area is 124 Å². The van der Waals surface area contributed by atoms with Crippen LogP contribution in [0.5, 0.6) is 0 Å². The monoisotopic (exact) mass is 306 g/mol. The second-order valence-electron chi connectivity index (χ2n) is 4.50. The molecule has 0 fully saturated rings. The van der Waals surface area contributed by atoms with Gasteiger partial charge in [-0.2, -0.15) is 0 Å². The number of carbonyl (C=O) groups is 1. The van der Waals surface area contributed by atoms with Crippen LogP contribution in [0.25, 0.3) is 0 Å². The van der Waals surface area contributed by atoms with E-state index in [9.17, 15) is 13.6 Å². The number of hydrogen-bond acceptors (Lipinski definition) is 2. The SMILES string of the molecule is O=C1CN=C(c2c(F)cccc2F)c2ccc(Cl)cc2N1. The maximum atomic E-state index is 14.0. The first-order valence-corrected chi connectivity index (χ1v) is 6.52. The molecule has 1 aliphatic rings. The van der Waals surface area contributed by atoms with E-state index in [1.54, 1.807) is 12.1 Å². The fourth-order valence-electron chi connectivity index (χ4n) is 2.19. The van der Waals surface area contributed by atoms with E-state index in [0.717, 1.165) is 12.1 Å². The van der Waals surface area contributed by atoms with Gasteiger partial charge in [0.2, 0.25) is 5.91 Å². The zero-order chi connectivity index (χ0) is 15.0. The summed E-state index contributed by atoms with van der Waals surface area (Å²) in [6.07, 6.45) is 0. The number of nitrogens with zero attached hydrogens (tertiary/aromatic N) is 1. The molecule has 1 aliphatic heterocycles. The number of aliphatic imine (C=N–C) groups is 1. The number of amides is 1. The van der Waals surface area contributed by atoms with E-state index in [4.69, 9.17) is 11.6 Å². The zero-order valence-electron chi connectivity index (χ0n) is 10.7. The van der Waals surface area contributed by atoms with Gasteiger partial charge < -0.3 is 5.32 Å². The molecule has 0 aromatic heterocycles. The second-order valence-corrected chi connectivity index (χ2v) is 4.94. The summed E-state index contributed by atoms with van der Waals surface area (Å²) in [6, 6.07) is 8.25. The zero-order valence-corrected chi connectivity index (χ0v) is 11.4. The number of nitrogens with one attached hydrogen (secondary N) is 1. The van der Waals surface area contributed by atoms with Crippen molar-refractivity contribution in [3.63, 3.8) is 0 Å². The average molecular weight is 307 g/mol. The Kier molecular flexibility index (Phi) is 3.43. The molecule has 0 spiro atoms. The van der Waals surface area contributed by atoms with E-state index in [-0.39, 0.29) is 23.7 Å². The van der Waals surface area contributed by atoms with Crippen molar-refractivity contribution in [3.05, 3.63) is 64.2 Å². The highest BCUT2D eigenvalue weighted by Crippen LogP contribution is 2.27. The van der Waals surface area contributed by atoms with E-state index >= 15 is 0 Å². The highest BCUT2D eigenvalue weighted by molar-refractivity contribution is 6.31. The largest absolute Gasteiger partial charge is 0.324 e. The molecular weight excluding hydrogens is 298 g/mol. The quantitative estimate of drug-likeness (QED) is 0.862. The number of fused-ring (bicyclic) bond motifs is 1. The molecular formula is C15H9ClF2N2O. The van der Waals surface area contributed by atoms with Crippen LogP contribution in [0.4, 0.5) is 14.5 Å². The second kappa shape index (κ2) is 5.26. The summed E-state index contributed by atoms with van der Waals surface area (Å²) in [6.45, 7) is -0.213. The Bertz CT molecular complexity index is 754. The van der Waals surface area contributed by atoms with Gasteiger partial charge in [0.1, 0.15) is 18.2 Å². The van der Waals surface area contributed by atoms with Gasteiger partial charge in [-0.3, -0.25) is 9.79 Å². The van der Waals surface area contributed by atoms with Crippen LogP contribution in [0.15, 0.2) is 41.4 Å². The van der Waals surface area contributed by atoms with Gasteiger partial charge in [-0.25, -0.2) is 8.78 Å². The van der Waals surface area contributed by atoms with Crippen LogP contribution in [0.2, 0.25) is 5.02 Å². The third kappa shape index (κ3) is 2.52. The van der Waals surface area contributed by atoms with Gasteiger partial charge in [0.05, 0.1) is 17.0 Å². The minimum atomic E-state index is -0.732. The summed E-state index contributed by atoms with van der Waals surface area (Å²) in [5.41, 5.74) is 0.647. The predicted octanol–water partition coefficient (Wildman–Crippen LogP) is 3.41. The van der Waals surface area contributed by atoms with Gasteiger partial charge in [-0.15, -0.1) is 0 Å². The number of halogens is 3. The summed E-state index contributed by atoms with van der Waals surface area (Å²) in [7, 11) is 0. The highest BCUT2D eigenvalue weighted by Gasteiger charge is 2.23. The minimum Gasteiger partial charge on any atom is -0.324 e. The van der Waals surface area contributed by atoms with Crippen molar-refractivity contribution in [2.24, 2.45) is 4.99 Å². The Balaban J connectivity index is 2.26. The van der Waals surface area contributed by atoms with E-state index in [2.05, 4.69) is 10.3 Å². The molecule has 106 valence electrons. The number of carbonyl (C=O) groups excluding carboxylic acids is 1. The maximum absolute atomic E-state index is 14.0. The molecule has 21 heavy (non-hydrogen) atoms. The van der Waals surface area contributed by atoms with E-state index in [1.807, 2.05) is 0 Å². The molecule has 3 rings (SSSR count). The molecule has 0 bridgehead atoms. The first-order valence-electron chi connectivity index (χ1n) is 6.15. The molecule has 0 atom stereocenters. The highest BCUT2D eigenvalue weighted by atomic mass is 35.5. The van der Waals surface area contributed by atoms with Gasteiger partial charge in [0.15, 0.2) is 0 Å². The molecule has 0 saturated carbocycles. The summed E-state index contributed by atoms with van der Waals surface area (Å²) in [4.78, 5) is 15.7. The predicted molar refractivity (Wildman–Crippen MR) is 76.9 cm³/mol. The Morgan fingerprint density at radius 1 is 1.14 bits per heavy atom. The third-order valence-corrected chi connectivity index (χ3v) is 3.33. The molecule has 6 heteroatoms. The van der Waals surface area contributed by atoms with E-state index in [0.29, 0.717) is 16.3 Å². The smallest absolute Gasteiger partial charge is 0.246 e. The molecule has 0 aliphatic carbocycles. The van der Waals surface area contributed by atoms with Crippen LogP contribution >= 0.6 is 11.6 Å². The summed E-state index contributed by atoms with van der Waals surface area (Å²) in [5.74, 6) is -1.83. The van der Waals surface area contributed by atoms with Crippen LogP contribution in [-0.4, -0.2) is 18.2 Å². The van der Waals surface area contributed by atoms with Crippen molar-refractivity contribution in [2.45, 2.75) is 0 Å². The van der Waals surface area contributed by atoms with Gasteiger partial charge >= 0.3 is 0 Å². The lowest BCUT2D eigenvalue weighted by Crippen LogP contribution is -2.13. The van der Waals surface area contributed by atoms with Crippen LogP contribution in [0, 0.1) is 11.6 Å². The topological polar surface area (TPSA) is 41.5 Å². The first kappa shape index (κ1) is 13.7. The Morgan fingerprint density at radius 3 is 2.57 bits per heavy atom. The lowest BCUT2D eigenvalue weighted by atomic mass is 9.99. The third-order valence-electron chi connectivity index (χ3n) is 3.09. The average Bonchev–Trinajstić information content (AvgIpc) is 2.57. The lowest BCUT2D eigenvalue weighted by molar-refractivity contribution is -0.114. The first-order chi connectivity index (χ1) is 10.1. The molecule has 1 amide bonds. The number of anilines is 1. The minimum absolute atomic E-state index is 0.0932. The van der Waals surface area contributed by atoms with Gasteiger partial charge in [-0.1, -0.05) is 17.7 Å². The van der Waals surface area contributed by atoms with Crippen molar-refractivity contribution in [2.75, 3.05) is 11.9 Å². The Hall–Kier alpha value is -2.27. The molecule has 2 aromatic carbocycles. The molecule has 3 nitrogen and oxygen atoms in total. The van der Waals surface area contributed by atoms with E-state index < -0.39 is 11.6 Å². The number of hydrogen-bond donors (Lipinski definition) is 1. The number of benzene rings is 2. The number of rotatable bonds is 1. The summed E-state index contributed by atoms with van der Waals surface area (Å²) in [5, 5.41) is 3.03. The van der Waals surface area contributed by atoms with Gasteiger partial charge in [0, 0.05) is 10.6 Å². The molecule has 0 unspecified atom stereocenters. The molecule has 0 saturated heterocycles. The van der Waals surface area contributed by atoms with Crippen molar-refractivity contribution in [3.8, 4) is 0 Å². The fraction of sp³-hybridized carbons (Fsp3) is 0.0667. The molecule has 1 heterocycles. The Morgan fingerprint density at radius 2 is 1.86 bits per heavy atom. The molecule has 2 aromatic rings. The van der Waals surface area contributed by atoms with Crippen molar-refractivity contribution in [1.82, 2.24) is 0 Å². The summed E-state index contributed by atoms with van der Waals surface area (Å²) < 4.78 is 28.0. The van der Waals surface area contributed by atoms with Crippen molar-refractivity contribution in [1.29, 1.82) is 0 Å². The lowest BCUT2D eigenvalue weighted by Gasteiger charge is -2.11. The normalized spacial score (nSPS) is 14.0. The standard InChI is InChI=1S/C15H9ClF2N2O/c16-8-4-5-9-12(6-8)20-13(21)7-19-15(9)14-10(17)2-1-3-11(14)18/h1-6H,7H2,(H,20,21). The molecule has 1 N–H and O–H groups in total. The van der Waals surface area contributed by atoms with Gasteiger partial charge in [0.25, 0.3) is 0 Å². The number of benzodiazepines with no additional fused rings is 1. The van der Waals surface area contributed by atoms with Crippen molar-refractivity contribution >= 4 is 28.9 Å². The van der Waals surface area contributed by atoms with Crippen molar-refractivity contribution < 1.29 is 13.6 Å². The maximum Gasteiger partial charge on any atom is 0.246 e. The van der Waals surface area contributed by atoms with Crippen LogP contribution in [0.1, 0.15) is 11.1 Å². The van der Waals surface area contributed by atoms with Gasteiger partial charge in [-0.05, 0) is 30.3 Å². The fourth-order valence-corrected chi connectivity index (χ4v) is 2.36. The summed E-state index contributed by atoms with van der Waals surface area (Å²) >= 11 is 5.89. The van der Waals surface area contributed by atoms with E-state index in [1.165, 1.54) is 12.1 Å². The van der Waals surface area contributed by atoms with Crippen LogP contribution < -0.4 is 5.32 Å². The van der Waals surface area contributed by atoms with Crippen LogP contribution in [0.3, 0.4) is 0 Å². The molecule has 0 radical (unpaired) electrons.